The van der Waals surface area contributed by atoms with E-state index >= 15 is 0 Å². The van der Waals surface area contributed by atoms with E-state index in [4.69, 9.17) is 21.1 Å². The van der Waals surface area contributed by atoms with Crippen LogP contribution in [0.5, 0.6) is 17.4 Å². The van der Waals surface area contributed by atoms with Crippen LogP contribution in [0, 0.1) is 6.92 Å². The fourth-order valence-corrected chi connectivity index (χ4v) is 5.15. The number of aliphatic carboxylic acids is 1. The van der Waals surface area contributed by atoms with Crippen molar-refractivity contribution >= 4 is 39.1 Å². The molecule has 0 saturated carbocycles. The summed E-state index contributed by atoms with van der Waals surface area (Å²) in [7, 11) is 1.54. The Morgan fingerprint density at radius 3 is 2.68 bits per heavy atom. The van der Waals surface area contributed by atoms with E-state index in [1.807, 2.05) is 26.0 Å². The number of phenolic OH excluding ortho intramolecular Hbond substituents is 1. The molecule has 0 amide bonds. The van der Waals surface area contributed by atoms with Gasteiger partial charge in [0.05, 0.1) is 17.5 Å². The predicted molar refractivity (Wildman–Crippen MR) is 132 cm³/mol. The van der Waals surface area contributed by atoms with Crippen molar-refractivity contribution in [1.82, 2.24) is 9.97 Å². The van der Waals surface area contributed by atoms with Crippen molar-refractivity contribution in [1.29, 1.82) is 0 Å². The Kier molecular flexibility index (Phi) is 6.90. The highest BCUT2D eigenvalue weighted by Gasteiger charge is 2.27. The number of rotatable bonds is 8. The van der Waals surface area contributed by atoms with Gasteiger partial charge in [0.1, 0.15) is 22.7 Å². The molecule has 0 fully saturated rings. The third-order valence-corrected chi connectivity index (χ3v) is 7.33. The first-order valence-electron chi connectivity index (χ1n) is 10.6. The Bertz CT molecular complexity index is 1370. The summed E-state index contributed by atoms with van der Waals surface area (Å²) in [5.74, 6) is -0.351. The van der Waals surface area contributed by atoms with Crippen LogP contribution in [-0.4, -0.2) is 39.4 Å². The standard InChI is InChI=1S/C25H23ClN2O5S/c1-4-19-20(15-9-10-16(29)22(26)13(15)2)21-23(27-12-28-24(21)34-19)33-18(25(30)31)11-14-7-5-6-8-17(14)32-3/h5-10,12,18,29H,4,11H2,1-3H3,(H,30,31)/t18-/m0/s1. The van der Waals surface area contributed by atoms with Gasteiger partial charge in [-0.15, -0.1) is 11.3 Å². The lowest BCUT2D eigenvalue weighted by atomic mass is 9.97. The maximum absolute atomic E-state index is 12.1. The summed E-state index contributed by atoms with van der Waals surface area (Å²) in [5, 5.41) is 20.8. The molecule has 2 N–H and O–H groups in total. The largest absolute Gasteiger partial charge is 0.506 e. The van der Waals surface area contributed by atoms with E-state index in [0.29, 0.717) is 27.1 Å². The monoisotopic (exact) mass is 498 g/mol. The van der Waals surface area contributed by atoms with E-state index in [9.17, 15) is 15.0 Å². The molecule has 2 aromatic carbocycles. The van der Waals surface area contributed by atoms with Crippen molar-refractivity contribution in [2.45, 2.75) is 32.8 Å². The minimum absolute atomic E-state index is 0.00373. The Labute approximate surface area is 205 Å². The molecule has 0 aliphatic heterocycles. The Balaban J connectivity index is 1.84. The first-order chi connectivity index (χ1) is 16.3. The number of aryl methyl sites for hydroxylation is 1. The van der Waals surface area contributed by atoms with Gasteiger partial charge in [-0.2, -0.15) is 0 Å². The molecular weight excluding hydrogens is 476 g/mol. The molecule has 4 aromatic rings. The Morgan fingerprint density at radius 1 is 1.21 bits per heavy atom. The highest BCUT2D eigenvalue weighted by molar-refractivity contribution is 7.19. The highest BCUT2D eigenvalue weighted by atomic mass is 35.5. The van der Waals surface area contributed by atoms with E-state index in [-0.39, 0.29) is 23.1 Å². The maximum atomic E-state index is 12.1. The molecule has 1 atom stereocenters. The second kappa shape index (κ2) is 9.87. The molecular formula is C25H23ClN2O5S. The number of halogens is 1. The van der Waals surface area contributed by atoms with Gasteiger partial charge < -0.3 is 19.7 Å². The summed E-state index contributed by atoms with van der Waals surface area (Å²) in [4.78, 5) is 22.6. The van der Waals surface area contributed by atoms with Crippen LogP contribution in [0.1, 0.15) is 22.9 Å². The third-order valence-electron chi connectivity index (χ3n) is 5.61. The van der Waals surface area contributed by atoms with Gasteiger partial charge in [0.25, 0.3) is 0 Å². The number of benzene rings is 2. The van der Waals surface area contributed by atoms with E-state index in [0.717, 1.165) is 22.4 Å². The van der Waals surface area contributed by atoms with Crippen LogP contribution >= 0.6 is 22.9 Å². The first-order valence-corrected chi connectivity index (χ1v) is 11.8. The van der Waals surface area contributed by atoms with Crippen LogP contribution < -0.4 is 9.47 Å². The number of hydrogen-bond acceptors (Lipinski definition) is 7. The summed E-state index contributed by atoms with van der Waals surface area (Å²) in [6, 6.07) is 10.6. The SMILES string of the molecule is CCc1sc2ncnc(O[C@@H](Cc3ccccc3OC)C(=O)O)c2c1-c1ccc(O)c(Cl)c1C. The quantitative estimate of drug-likeness (QED) is 0.322. The molecule has 2 aromatic heterocycles. The minimum atomic E-state index is -1.20. The number of para-hydroxylation sites is 1. The molecule has 0 aliphatic rings. The van der Waals surface area contributed by atoms with Gasteiger partial charge >= 0.3 is 5.97 Å². The molecule has 7 nitrogen and oxygen atoms in total. The zero-order valence-corrected chi connectivity index (χ0v) is 20.4. The summed E-state index contributed by atoms with van der Waals surface area (Å²) >= 11 is 7.83. The van der Waals surface area contributed by atoms with Crippen LogP contribution in [-0.2, 0) is 17.6 Å². The lowest BCUT2D eigenvalue weighted by molar-refractivity contribution is -0.145. The number of nitrogens with zero attached hydrogens (tertiary/aromatic N) is 2. The number of ether oxygens (including phenoxy) is 2. The summed E-state index contributed by atoms with van der Waals surface area (Å²) < 4.78 is 11.4. The third kappa shape index (κ3) is 4.38. The van der Waals surface area contributed by atoms with Crippen molar-refractivity contribution in [2.24, 2.45) is 0 Å². The van der Waals surface area contributed by atoms with Gasteiger partial charge in [-0.3, -0.25) is 0 Å². The average Bonchev–Trinajstić information content (AvgIpc) is 3.22. The van der Waals surface area contributed by atoms with Crippen molar-refractivity contribution < 1.29 is 24.5 Å². The lowest BCUT2D eigenvalue weighted by Gasteiger charge is -2.17. The molecule has 9 heteroatoms. The number of carboxylic acids is 1. The van der Waals surface area contributed by atoms with Crippen LogP contribution in [0.3, 0.4) is 0 Å². The molecule has 0 bridgehead atoms. The lowest BCUT2D eigenvalue weighted by Crippen LogP contribution is -2.30. The van der Waals surface area contributed by atoms with Gasteiger partial charge in [-0.1, -0.05) is 42.8 Å². The van der Waals surface area contributed by atoms with Crippen molar-refractivity contribution in [3.8, 4) is 28.5 Å². The maximum Gasteiger partial charge on any atom is 0.345 e. The molecule has 176 valence electrons. The fourth-order valence-electron chi connectivity index (χ4n) is 3.90. The molecule has 0 unspecified atom stereocenters. The Hall–Kier alpha value is -3.36. The van der Waals surface area contributed by atoms with Crippen molar-refractivity contribution in [3.05, 3.63) is 63.8 Å². The molecule has 0 saturated heterocycles. The van der Waals surface area contributed by atoms with Crippen LogP contribution in [0.2, 0.25) is 5.02 Å². The summed E-state index contributed by atoms with van der Waals surface area (Å²) in [5.41, 5.74) is 3.06. The minimum Gasteiger partial charge on any atom is -0.506 e. The zero-order valence-electron chi connectivity index (χ0n) is 18.8. The van der Waals surface area contributed by atoms with Gasteiger partial charge in [0, 0.05) is 16.9 Å². The summed E-state index contributed by atoms with van der Waals surface area (Å²) in [6.45, 7) is 3.85. The fraction of sp³-hybridized carbons (Fsp3) is 0.240. The van der Waals surface area contributed by atoms with E-state index in [1.165, 1.54) is 17.7 Å². The van der Waals surface area contributed by atoms with E-state index in [2.05, 4.69) is 9.97 Å². The normalized spacial score (nSPS) is 12.0. The number of fused-ring (bicyclic) bond motifs is 1. The molecule has 0 radical (unpaired) electrons. The van der Waals surface area contributed by atoms with Crippen molar-refractivity contribution in [3.63, 3.8) is 0 Å². The molecule has 0 aliphatic carbocycles. The van der Waals surface area contributed by atoms with Gasteiger partial charge in [-0.25, -0.2) is 14.8 Å². The number of hydrogen-bond donors (Lipinski definition) is 2. The van der Waals surface area contributed by atoms with Crippen molar-refractivity contribution in [2.75, 3.05) is 7.11 Å². The number of carboxylic acid groups (broad SMARTS) is 1. The van der Waals surface area contributed by atoms with Gasteiger partial charge in [0.2, 0.25) is 12.0 Å². The van der Waals surface area contributed by atoms with E-state index in [1.54, 1.807) is 31.4 Å². The molecule has 0 spiro atoms. The van der Waals surface area contributed by atoms with Crippen LogP contribution in [0.15, 0.2) is 42.7 Å². The topological polar surface area (TPSA) is 102 Å². The number of aromatic nitrogens is 2. The van der Waals surface area contributed by atoms with Gasteiger partial charge in [-0.05, 0) is 42.2 Å². The Morgan fingerprint density at radius 2 is 1.97 bits per heavy atom. The van der Waals surface area contributed by atoms with E-state index < -0.39 is 12.1 Å². The number of methoxy groups -OCH3 is 1. The highest BCUT2D eigenvalue weighted by Crippen LogP contribution is 2.45. The number of phenols is 1. The van der Waals surface area contributed by atoms with Crippen LogP contribution in [0.25, 0.3) is 21.3 Å². The number of carbonyl (C=O) groups is 1. The second-order valence-corrected chi connectivity index (χ2v) is 9.11. The first kappa shape index (κ1) is 23.8. The number of thiophene rings is 1. The second-order valence-electron chi connectivity index (χ2n) is 7.64. The van der Waals surface area contributed by atoms with Gasteiger partial charge in [0.15, 0.2) is 0 Å². The zero-order chi connectivity index (χ0) is 24.4. The average molecular weight is 499 g/mol. The predicted octanol–water partition coefficient (Wildman–Crippen LogP) is 5.67. The smallest absolute Gasteiger partial charge is 0.345 e. The molecule has 4 rings (SSSR count). The molecule has 2 heterocycles. The number of aromatic hydroxyl groups is 1. The summed E-state index contributed by atoms with van der Waals surface area (Å²) in [6.07, 6.45) is 0.985. The molecule has 34 heavy (non-hydrogen) atoms. The van der Waals surface area contributed by atoms with Crippen LogP contribution in [0.4, 0.5) is 0 Å².